The van der Waals surface area contributed by atoms with Crippen molar-refractivity contribution in [1.82, 2.24) is 4.98 Å². The van der Waals surface area contributed by atoms with Gasteiger partial charge >= 0.3 is 6.18 Å². The minimum Gasteiger partial charge on any atom is -0.325 e. The van der Waals surface area contributed by atoms with Crippen LogP contribution in [0.4, 0.5) is 13.2 Å². The summed E-state index contributed by atoms with van der Waals surface area (Å²) in [6.45, 7) is 0.341. The summed E-state index contributed by atoms with van der Waals surface area (Å²) in [4.78, 5) is 4.10. The fourth-order valence-corrected chi connectivity index (χ4v) is 1.57. The lowest BCUT2D eigenvalue weighted by molar-refractivity contribution is -0.137. The van der Waals surface area contributed by atoms with E-state index in [-0.39, 0.29) is 0 Å². The molecular formula is C13H11F3N2. The lowest BCUT2D eigenvalue weighted by Gasteiger charge is -2.07. The number of nitrogens with two attached hydrogens (primary N) is 1. The van der Waals surface area contributed by atoms with Crippen LogP contribution in [0.5, 0.6) is 0 Å². The lowest BCUT2D eigenvalue weighted by atomic mass is 10.1. The van der Waals surface area contributed by atoms with Crippen LogP contribution in [-0.2, 0) is 12.7 Å². The van der Waals surface area contributed by atoms with Crippen molar-refractivity contribution in [3.63, 3.8) is 0 Å². The second-order valence-electron chi connectivity index (χ2n) is 3.82. The highest BCUT2D eigenvalue weighted by Crippen LogP contribution is 2.30. The summed E-state index contributed by atoms with van der Waals surface area (Å²) in [5.41, 5.74) is 6.96. The fraction of sp³-hybridized carbons (Fsp3) is 0.154. The van der Waals surface area contributed by atoms with Crippen molar-refractivity contribution in [2.45, 2.75) is 12.7 Å². The maximum atomic E-state index is 12.4. The van der Waals surface area contributed by atoms with Gasteiger partial charge in [-0.15, -0.1) is 0 Å². The second kappa shape index (κ2) is 4.78. The SMILES string of the molecule is NCc1ccc(-c2ccc(C(F)(F)F)cc2)cn1. The van der Waals surface area contributed by atoms with Crippen molar-refractivity contribution in [2.75, 3.05) is 0 Å². The minimum atomic E-state index is -4.31. The molecular weight excluding hydrogens is 241 g/mol. The number of pyridine rings is 1. The third kappa shape index (κ3) is 2.68. The molecule has 0 saturated heterocycles. The Hall–Kier alpha value is -1.88. The summed E-state index contributed by atoms with van der Waals surface area (Å²) in [5.74, 6) is 0. The number of hydrogen-bond donors (Lipinski definition) is 1. The number of hydrogen-bond acceptors (Lipinski definition) is 2. The Bertz CT molecular complexity index is 515. The number of aromatic nitrogens is 1. The molecule has 0 unspecified atom stereocenters. The Kier molecular flexibility index (Phi) is 3.34. The molecule has 0 atom stereocenters. The Morgan fingerprint density at radius 2 is 1.56 bits per heavy atom. The number of halogens is 3. The highest BCUT2D eigenvalue weighted by Gasteiger charge is 2.29. The normalized spacial score (nSPS) is 11.6. The van der Waals surface area contributed by atoms with Gasteiger partial charge in [0.25, 0.3) is 0 Å². The molecule has 94 valence electrons. The molecule has 2 nitrogen and oxygen atoms in total. The van der Waals surface area contributed by atoms with E-state index in [2.05, 4.69) is 4.98 Å². The molecule has 0 aliphatic rings. The third-order valence-corrected chi connectivity index (χ3v) is 2.58. The zero-order chi connectivity index (χ0) is 13.2. The van der Waals surface area contributed by atoms with Gasteiger partial charge in [-0.1, -0.05) is 18.2 Å². The van der Waals surface area contributed by atoms with E-state index < -0.39 is 11.7 Å². The lowest BCUT2D eigenvalue weighted by Crippen LogP contribution is -2.04. The van der Waals surface area contributed by atoms with E-state index in [0.717, 1.165) is 23.4 Å². The Morgan fingerprint density at radius 3 is 2.00 bits per heavy atom. The van der Waals surface area contributed by atoms with Gasteiger partial charge in [-0.25, -0.2) is 0 Å². The maximum Gasteiger partial charge on any atom is 0.416 e. The summed E-state index contributed by atoms with van der Waals surface area (Å²) in [6.07, 6.45) is -2.70. The fourth-order valence-electron chi connectivity index (χ4n) is 1.57. The first-order valence-electron chi connectivity index (χ1n) is 5.33. The second-order valence-corrected chi connectivity index (χ2v) is 3.82. The van der Waals surface area contributed by atoms with Gasteiger partial charge in [-0.2, -0.15) is 13.2 Å². The van der Waals surface area contributed by atoms with Crippen molar-refractivity contribution < 1.29 is 13.2 Å². The van der Waals surface area contributed by atoms with Crippen molar-refractivity contribution in [1.29, 1.82) is 0 Å². The molecule has 0 saturated carbocycles. The predicted molar refractivity (Wildman–Crippen MR) is 62.6 cm³/mol. The molecule has 0 bridgehead atoms. The highest BCUT2D eigenvalue weighted by molar-refractivity contribution is 5.62. The topological polar surface area (TPSA) is 38.9 Å². The van der Waals surface area contributed by atoms with Crippen LogP contribution in [0.3, 0.4) is 0 Å². The van der Waals surface area contributed by atoms with Gasteiger partial charge in [-0.3, -0.25) is 4.98 Å². The van der Waals surface area contributed by atoms with Gasteiger partial charge in [0, 0.05) is 18.3 Å². The molecule has 2 aromatic rings. The average Bonchev–Trinajstić information content (AvgIpc) is 2.38. The first-order valence-corrected chi connectivity index (χ1v) is 5.33. The largest absolute Gasteiger partial charge is 0.416 e. The predicted octanol–water partition coefficient (Wildman–Crippen LogP) is 3.23. The zero-order valence-electron chi connectivity index (χ0n) is 9.41. The van der Waals surface area contributed by atoms with E-state index >= 15 is 0 Å². The van der Waals surface area contributed by atoms with E-state index in [4.69, 9.17) is 5.73 Å². The van der Waals surface area contributed by atoms with E-state index in [0.29, 0.717) is 12.1 Å². The van der Waals surface area contributed by atoms with Crippen molar-refractivity contribution in [2.24, 2.45) is 5.73 Å². The highest BCUT2D eigenvalue weighted by atomic mass is 19.4. The van der Waals surface area contributed by atoms with Crippen LogP contribution in [-0.4, -0.2) is 4.98 Å². The zero-order valence-corrected chi connectivity index (χ0v) is 9.41. The molecule has 1 aromatic heterocycles. The van der Waals surface area contributed by atoms with Gasteiger partial charge in [0.05, 0.1) is 11.3 Å². The van der Waals surface area contributed by atoms with Crippen LogP contribution in [0.1, 0.15) is 11.3 Å². The molecule has 0 spiro atoms. The van der Waals surface area contributed by atoms with Crippen molar-refractivity contribution in [3.05, 3.63) is 53.9 Å². The summed E-state index contributed by atoms with van der Waals surface area (Å²) >= 11 is 0. The first kappa shape index (κ1) is 12.6. The monoisotopic (exact) mass is 252 g/mol. The summed E-state index contributed by atoms with van der Waals surface area (Å²) < 4.78 is 37.2. The van der Waals surface area contributed by atoms with Crippen LogP contribution in [0, 0.1) is 0 Å². The average molecular weight is 252 g/mol. The molecule has 1 heterocycles. The molecule has 0 fully saturated rings. The number of benzene rings is 1. The molecule has 0 aliphatic carbocycles. The molecule has 18 heavy (non-hydrogen) atoms. The molecule has 0 amide bonds. The van der Waals surface area contributed by atoms with E-state index in [1.807, 2.05) is 0 Å². The summed E-state index contributed by atoms with van der Waals surface area (Å²) in [5, 5.41) is 0. The number of alkyl halides is 3. The van der Waals surface area contributed by atoms with E-state index in [1.54, 1.807) is 18.3 Å². The van der Waals surface area contributed by atoms with Crippen LogP contribution >= 0.6 is 0 Å². The number of rotatable bonds is 2. The summed E-state index contributed by atoms with van der Waals surface area (Å²) in [7, 11) is 0. The van der Waals surface area contributed by atoms with Crippen LogP contribution in [0.25, 0.3) is 11.1 Å². The van der Waals surface area contributed by atoms with Gasteiger partial charge in [-0.05, 0) is 23.8 Å². The van der Waals surface area contributed by atoms with Gasteiger partial charge < -0.3 is 5.73 Å². The molecule has 2 N–H and O–H groups in total. The molecule has 5 heteroatoms. The Balaban J connectivity index is 2.28. The van der Waals surface area contributed by atoms with Crippen LogP contribution < -0.4 is 5.73 Å². The molecule has 1 aromatic carbocycles. The van der Waals surface area contributed by atoms with Gasteiger partial charge in [0.2, 0.25) is 0 Å². The van der Waals surface area contributed by atoms with Crippen molar-refractivity contribution in [3.8, 4) is 11.1 Å². The summed E-state index contributed by atoms with van der Waals surface area (Å²) in [6, 6.07) is 8.53. The minimum absolute atomic E-state index is 0.341. The third-order valence-electron chi connectivity index (χ3n) is 2.58. The van der Waals surface area contributed by atoms with E-state index in [1.165, 1.54) is 12.1 Å². The van der Waals surface area contributed by atoms with E-state index in [9.17, 15) is 13.2 Å². The van der Waals surface area contributed by atoms with Gasteiger partial charge in [0.15, 0.2) is 0 Å². The Morgan fingerprint density at radius 1 is 0.944 bits per heavy atom. The molecule has 2 rings (SSSR count). The first-order chi connectivity index (χ1) is 8.50. The maximum absolute atomic E-state index is 12.4. The standard InChI is InChI=1S/C13H11F3N2/c14-13(15,16)11-4-1-9(2-5-11)10-3-6-12(7-17)18-8-10/h1-6,8H,7,17H2. The smallest absolute Gasteiger partial charge is 0.325 e. The molecule has 0 aliphatic heterocycles. The van der Waals surface area contributed by atoms with Crippen molar-refractivity contribution >= 4 is 0 Å². The Labute approximate surface area is 102 Å². The van der Waals surface area contributed by atoms with Gasteiger partial charge in [0.1, 0.15) is 0 Å². The van der Waals surface area contributed by atoms with Crippen LogP contribution in [0.15, 0.2) is 42.6 Å². The van der Waals surface area contributed by atoms with Crippen LogP contribution in [0.2, 0.25) is 0 Å². The number of nitrogens with zero attached hydrogens (tertiary/aromatic N) is 1. The molecule has 0 radical (unpaired) electrons. The quantitative estimate of drug-likeness (QED) is 0.891.